The van der Waals surface area contributed by atoms with Crippen LogP contribution in [-0.2, 0) is 24.3 Å². The molecule has 0 saturated heterocycles. The molecule has 0 unspecified atom stereocenters. The summed E-state index contributed by atoms with van der Waals surface area (Å²) in [5.41, 5.74) is 3.99. The second kappa shape index (κ2) is 15.9. The molecule has 7 rings (SSSR count). The summed E-state index contributed by atoms with van der Waals surface area (Å²) in [7, 11) is -2.51. The van der Waals surface area contributed by atoms with Crippen LogP contribution >= 0.6 is 11.3 Å². The molecule has 4 aromatic carbocycles. The Bertz CT molecular complexity index is 2500. The first-order chi connectivity index (χ1) is 26.1. The van der Waals surface area contributed by atoms with E-state index in [1.54, 1.807) is 53.8 Å². The lowest BCUT2D eigenvalue weighted by molar-refractivity contribution is -0.143. The van der Waals surface area contributed by atoms with E-state index in [-0.39, 0.29) is 42.2 Å². The Labute approximate surface area is 315 Å². The number of rotatable bonds is 13. The van der Waals surface area contributed by atoms with Crippen molar-refractivity contribution in [3.63, 3.8) is 0 Å². The first-order valence-corrected chi connectivity index (χ1v) is 19.4. The highest BCUT2D eigenvalue weighted by Crippen LogP contribution is 2.33. The number of amides is 1. The molecule has 12 nitrogen and oxygen atoms in total. The molecule has 0 saturated carbocycles. The summed E-state index contributed by atoms with van der Waals surface area (Å²) in [5, 5.41) is 13.8. The van der Waals surface area contributed by atoms with E-state index in [0.717, 1.165) is 30.7 Å². The number of hydrogen-bond acceptors (Lipinski definition) is 11. The highest BCUT2D eigenvalue weighted by molar-refractivity contribution is 7.89. The third kappa shape index (κ3) is 7.93. The number of aliphatic hydroxyl groups excluding tert-OH is 1. The van der Waals surface area contributed by atoms with Crippen molar-refractivity contribution < 1.29 is 36.9 Å². The Balaban J connectivity index is 1.10. The van der Waals surface area contributed by atoms with Crippen LogP contribution in [0, 0.1) is 6.92 Å². The maximum atomic E-state index is 13.7. The van der Waals surface area contributed by atoms with Crippen LogP contribution in [0.15, 0.2) is 123 Å². The monoisotopic (exact) mass is 767 g/mol. The standard InChI is InChI=1S/C40H37N3O9S2/c1-25-7-16-33-36(21-25)53-40(42-33)26-8-10-28(11-9-26)41-39(46)35-22-27(32-24-51-34-6-4-3-5-31(34)38(32)45)23-37(52-35)50-20-18-43(17-19-44)54(47,48)30-14-12-29(49-2)13-15-30/h3-16,21-22,24,27,37,44H,17-20,23H2,1-2H3,(H,41,46)/t27-,37+/m0/s1. The molecule has 6 aromatic rings. The number of benzene rings is 4. The molecule has 278 valence electrons. The molecular weight excluding hydrogens is 731 g/mol. The fourth-order valence-electron chi connectivity index (χ4n) is 6.17. The summed E-state index contributed by atoms with van der Waals surface area (Å²) in [5.74, 6) is -0.773. The number of sulfonamides is 1. The van der Waals surface area contributed by atoms with Crippen LogP contribution in [-0.4, -0.2) is 68.4 Å². The van der Waals surface area contributed by atoms with Crippen molar-refractivity contribution in [1.29, 1.82) is 0 Å². The van der Waals surface area contributed by atoms with Gasteiger partial charge in [-0.05, 0) is 91.4 Å². The zero-order chi connectivity index (χ0) is 37.8. The van der Waals surface area contributed by atoms with Crippen molar-refractivity contribution in [3.05, 3.63) is 130 Å². The van der Waals surface area contributed by atoms with Gasteiger partial charge in [-0.3, -0.25) is 9.59 Å². The first-order valence-electron chi connectivity index (χ1n) is 17.2. The molecule has 3 heterocycles. The third-order valence-electron chi connectivity index (χ3n) is 9.01. The number of methoxy groups -OCH3 is 1. The van der Waals surface area contributed by atoms with E-state index in [1.165, 1.54) is 37.6 Å². The Kier molecular flexibility index (Phi) is 10.9. The summed E-state index contributed by atoms with van der Waals surface area (Å²) in [6.45, 7) is 1.20. The summed E-state index contributed by atoms with van der Waals surface area (Å²) >= 11 is 1.59. The number of para-hydroxylation sites is 1. The van der Waals surface area contributed by atoms with Gasteiger partial charge in [-0.15, -0.1) is 11.3 Å². The molecule has 14 heteroatoms. The zero-order valence-electron chi connectivity index (χ0n) is 29.4. The molecule has 0 aliphatic carbocycles. The van der Waals surface area contributed by atoms with Crippen molar-refractivity contribution in [3.8, 4) is 16.3 Å². The first kappa shape index (κ1) is 37.0. The lowest BCUT2D eigenvalue weighted by atomic mass is 9.93. The van der Waals surface area contributed by atoms with Gasteiger partial charge in [0.15, 0.2) is 11.2 Å². The normalized spacial score (nSPS) is 16.0. The zero-order valence-corrected chi connectivity index (χ0v) is 31.1. The number of nitrogens with one attached hydrogen (secondary N) is 1. The second-order valence-electron chi connectivity index (χ2n) is 12.6. The molecule has 2 atom stereocenters. The number of hydrogen-bond donors (Lipinski definition) is 2. The van der Waals surface area contributed by atoms with Gasteiger partial charge >= 0.3 is 0 Å². The summed E-state index contributed by atoms with van der Waals surface area (Å²) in [4.78, 5) is 32.1. The number of anilines is 1. The van der Waals surface area contributed by atoms with Gasteiger partial charge < -0.3 is 29.1 Å². The number of allylic oxidation sites excluding steroid dienone is 1. The van der Waals surface area contributed by atoms with Gasteiger partial charge in [-0.2, -0.15) is 4.31 Å². The highest BCUT2D eigenvalue weighted by atomic mass is 32.2. The minimum absolute atomic E-state index is 0.0267. The van der Waals surface area contributed by atoms with Gasteiger partial charge in [-0.25, -0.2) is 13.4 Å². The van der Waals surface area contributed by atoms with E-state index in [1.807, 2.05) is 31.2 Å². The average molecular weight is 768 g/mol. The van der Waals surface area contributed by atoms with Crippen LogP contribution in [0.2, 0.25) is 0 Å². The molecule has 0 fully saturated rings. The fraction of sp³-hybridized carbons (Fsp3) is 0.225. The number of thiazole rings is 1. The van der Waals surface area contributed by atoms with E-state index in [4.69, 9.17) is 23.6 Å². The molecule has 0 spiro atoms. The Morgan fingerprint density at radius 3 is 2.57 bits per heavy atom. The van der Waals surface area contributed by atoms with Crippen molar-refractivity contribution in [2.75, 3.05) is 38.7 Å². The number of aromatic nitrogens is 1. The molecule has 0 radical (unpaired) electrons. The molecule has 2 N–H and O–H groups in total. The van der Waals surface area contributed by atoms with Crippen molar-refractivity contribution >= 4 is 54.1 Å². The summed E-state index contributed by atoms with van der Waals surface area (Å²) in [6.07, 6.45) is 2.06. The van der Waals surface area contributed by atoms with Crippen LogP contribution in [0.4, 0.5) is 5.69 Å². The minimum Gasteiger partial charge on any atom is -0.497 e. The van der Waals surface area contributed by atoms with E-state index < -0.39 is 34.7 Å². The maximum absolute atomic E-state index is 13.7. The number of carbonyl (C=O) groups is 1. The predicted octanol–water partition coefficient (Wildman–Crippen LogP) is 6.44. The van der Waals surface area contributed by atoms with E-state index in [9.17, 15) is 23.1 Å². The SMILES string of the molecule is COc1ccc(S(=O)(=O)N(CCO)CCO[C@H]2C[C@@H](c3coc4ccccc4c3=O)C=C(C(=O)Nc3ccc(-c4nc5ccc(C)cc5s4)cc3)O2)cc1. The molecule has 1 aliphatic rings. The van der Waals surface area contributed by atoms with Gasteiger partial charge in [0.1, 0.15) is 16.3 Å². The van der Waals surface area contributed by atoms with Gasteiger partial charge in [-0.1, -0.05) is 18.2 Å². The Hall–Kier alpha value is -5.38. The van der Waals surface area contributed by atoms with Crippen LogP contribution in [0.5, 0.6) is 5.75 Å². The van der Waals surface area contributed by atoms with Crippen LogP contribution in [0.25, 0.3) is 31.8 Å². The molecule has 54 heavy (non-hydrogen) atoms. The largest absolute Gasteiger partial charge is 0.497 e. The summed E-state index contributed by atoms with van der Waals surface area (Å²) in [6, 6.07) is 26.2. The Morgan fingerprint density at radius 1 is 1.04 bits per heavy atom. The highest BCUT2D eigenvalue weighted by Gasteiger charge is 2.32. The van der Waals surface area contributed by atoms with Crippen molar-refractivity contribution in [2.24, 2.45) is 0 Å². The van der Waals surface area contributed by atoms with Gasteiger partial charge in [0.2, 0.25) is 16.3 Å². The van der Waals surface area contributed by atoms with Gasteiger partial charge in [0, 0.05) is 42.2 Å². The van der Waals surface area contributed by atoms with Gasteiger partial charge in [0.05, 0.1) is 47.1 Å². The molecule has 0 bridgehead atoms. The van der Waals surface area contributed by atoms with E-state index in [2.05, 4.69) is 11.4 Å². The quantitative estimate of drug-likeness (QED) is 0.134. The predicted molar refractivity (Wildman–Crippen MR) is 206 cm³/mol. The lowest BCUT2D eigenvalue weighted by Crippen LogP contribution is -2.38. The fourth-order valence-corrected chi connectivity index (χ4v) is 8.66. The van der Waals surface area contributed by atoms with Crippen LogP contribution in [0.1, 0.15) is 23.5 Å². The molecule has 1 amide bonds. The molecule has 1 aliphatic heterocycles. The average Bonchev–Trinajstić information content (AvgIpc) is 3.61. The topological polar surface area (TPSA) is 157 Å². The van der Waals surface area contributed by atoms with E-state index >= 15 is 0 Å². The van der Waals surface area contributed by atoms with Crippen LogP contribution < -0.4 is 15.5 Å². The number of aliphatic hydroxyl groups is 1. The van der Waals surface area contributed by atoms with Crippen molar-refractivity contribution in [1.82, 2.24) is 9.29 Å². The number of nitrogens with zero attached hydrogens (tertiary/aromatic N) is 2. The molecular formula is C40H37N3O9S2. The lowest BCUT2D eigenvalue weighted by Gasteiger charge is -2.30. The molecule has 2 aromatic heterocycles. The number of carbonyl (C=O) groups excluding carboxylic acids is 1. The van der Waals surface area contributed by atoms with Crippen molar-refractivity contribution in [2.45, 2.75) is 30.4 Å². The van der Waals surface area contributed by atoms with E-state index in [0.29, 0.717) is 28.0 Å². The number of ether oxygens (including phenoxy) is 3. The third-order valence-corrected chi connectivity index (χ3v) is 12.0. The number of aryl methyl sites for hydroxylation is 1. The maximum Gasteiger partial charge on any atom is 0.290 e. The Morgan fingerprint density at radius 2 is 1.81 bits per heavy atom. The van der Waals surface area contributed by atoms with Gasteiger partial charge in [0.25, 0.3) is 5.91 Å². The number of fused-ring (bicyclic) bond motifs is 2. The van der Waals surface area contributed by atoms with Crippen LogP contribution in [0.3, 0.4) is 0 Å². The minimum atomic E-state index is -4.00. The smallest absolute Gasteiger partial charge is 0.290 e. The summed E-state index contributed by atoms with van der Waals surface area (Å²) < 4.78 is 52.1. The second-order valence-corrected chi connectivity index (χ2v) is 15.6.